The summed E-state index contributed by atoms with van der Waals surface area (Å²) < 4.78 is 4.96. The lowest BCUT2D eigenvalue weighted by Gasteiger charge is -2.35. The normalized spacial score (nSPS) is 18.6. The average molecular weight is 421 g/mol. The highest BCUT2D eigenvalue weighted by atomic mass is 127. The molecule has 0 amide bonds. The molecule has 2 N–H and O–H groups in total. The Kier molecular flexibility index (Phi) is 7.58. The van der Waals surface area contributed by atoms with E-state index in [1.54, 1.807) is 6.92 Å². The van der Waals surface area contributed by atoms with Gasteiger partial charge in [-0.2, -0.15) is 4.98 Å². The van der Waals surface area contributed by atoms with Crippen molar-refractivity contribution < 1.29 is 4.52 Å². The first kappa shape index (κ1) is 19.2. The summed E-state index contributed by atoms with van der Waals surface area (Å²) >= 11 is 0. The second-order valence-electron chi connectivity index (χ2n) is 6.51. The van der Waals surface area contributed by atoms with Crippen LogP contribution in [0.3, 0.4) is 0 Å². The molecule has 0 saturated heterocycles. The maximum atomic E-state index is 4.96. The summed E-state index contributed by atoms with van der Waals surface area (Å²) in [6.45, 7) is 9.83. The molecule has 0 radical (unpaired) electrons. The van der Waals surface area contributed by atoms with Gasteiger partial charge in [-0.25, -0.2) is 4.99 Å². The Labute approximate surface area is 149 Å². The molecule has 1 aromatic heterocycles. The van der Waals surface area contributed by atoms with Crippen molar-refractivity contribution in [3.05, 3.63) is 11.7 Å². The molecule has 1 aliphatic carbocycles. The van der Waals surface area contributed by atoms with Gasteiger partial charge in [-0.3, -0.25) is 0 Å². The van der Waals surface area contributed by atoms with Gasteiger partial charge in [0.1, 0.15) is 6.54 Å². The lowest BCUT2D eigenvalue weighted by Crippen LogP contribution is -2.45. The highest BCUT2D eigenvalue weighted by Gasteiger charge is 2.27. The van der Waals surface area contributed by atoms with E-state index in [1.165, 1.54) is 25.7 Å². The number of hydrogen-bond acceptors (Lipinski definition) is 4. The molecule has 2 rings (SSSR count). The second kappa shape index (κ2) is 8.69. The molecule has 6 nitrogen and oxygen atoms in total. The first-order valence-electron chi connectivity index (χ1n) is 7.82. The second-order valence-corrected chi connectivity index (χ2v) is 6.51. The van der Waals surface area contributed by atoms with Gasteiger partial charge in [0, 0.05) is 19.5 Å². The minimum Gasteiger partial charge on any atom is -0.357 e. The van der Waals surface area contributed by atoms with Crippen LogP contribution >= 0.6 is 24.0 Å². The van der Waals surface area contributed by atoms with E-state index < -0.39 is 0 Å². The van der Waals surface area contributed by atoms with Gasteiger partial charge in [0.2, 0.25) is 5.89 Å². The summed E-state index contributed by atoms with van der Waals surface area (Å²) in [7, 11) is 0. The molecule has 0 atom stereocenters. The maximum absolute atomic E-state index is 4.96. The summed E-state index contributed by atoms with van der Waals surface area (Å²) in [6.07, 6.45) is 4.90. The lowest BCUT2D eigenvalue weighted by atomic mass is 9.75. The molecule has 22 heavy (non-hydrogen) atoms. The number of guanidine groups is 1. The van der Waals surface area contributed by atoms with E-state index in [-0.39, 0.29) is 24.0 Å². The topological polar surface area (TPSA) is 75.3 Å². The van der Waals surface area contributed by atoms with Crippen molar-refractivity contribution in [1.82, 2.24) is 20.8 Å². The molecular formula is C15H28IN5O. The number of aromatic nitrogens is 2. The Morgan fingerprint density at radius 3 is 2.59 bits per heavy atom. The Bertz CT molecular complexity index is 476. The van der Waals surface area contributed by atoms with E-state index in [0.717, 1.165) is 12.5 Å². The number of hydrogen-bond donors (Lipinski definition) is 2. The van der Waals surface area contributed by atoms with Crippen LogP contribution in [0.2, 0.25) is 0 Å². The fourth-order valence-electron chi connectivity index (χ4n) is 2.61. The molecule has 0 aromatic carbocycles. The monoisotopic (exact) mass is 421 g/mol. The van der Waals surface area contributed by atoms with Gasteiger partial charge in [-0.15, -0.1) is 24.0 Å². The summed E-state index contributed by atoms with van der Waals surface area (Å²) in [5.41, 5.74) is 0.482. The third-order valence-electron chi connectivity index (χ3n) is 3.97. The summed E-state index contributed by atoms with van der Waals surface area (Å²) in [4.78, 5) is 8.71. The van der Waals surface area contributed by atoms with Gasteiger partial charge >= 0.3 is 0 Å². The molecule has 0 aliphatic heterocycles. The predicted molar refractivity (Wildman–Crippen MR) is 98.4 cm³/mol. The van der Waals surface area contributed by atoms with Crippen molar-refractivity contribution in [1.29, 1.82) is 0 Å². The molecule has 0 unspecified atom stereocenters. The number of aryl methyl sites for hydroxylation is 1. The van der Waals surface area contributed by atoms with Crippen LogP contribution in [0.5, 0.6) is 0 Å². The smallest absolute Gasteiger partial charge is 0.223 e. The van der Waals surface area contributed by atoms with Gasteiger partial charge in [-0.1, -0.05) is 19.0 Å². The number of aliphatic imine (C=N–C) groups is 1. The SMILES string of the molecule is CCNC(=NCc1noc(C)n1)NC1CCC(C)(C)CC1.I. The molecule has 126 valence electrons. The minimum absolute atomic E-state index is 0. The highest BCUT2D eigenvalue weighted by Crippen LogP contribution is 2.34. The Morgan fingerprint density at radius 2 is 2.05 bits per heavy atom. The van der Waals surface area contributed by atoms with Crippen LogP contribution in [0, 0.1) is 12.3 Å². The van der Waals surface area contributed by atoms with E-state index in [0.29, 0.717) is 29.7 Å². The molecule has 1 saturated carbocycles. The largest absolute Gasteiger partial charge is 0.357 e. The minimum atomic E-state index is 0. The number of halogens is 1. The molecule has 0 bridgehead atoms. The van der Waals surface area contributed by atoms with Crippen LogP contribution in [0.15, 0.2) is 9.52 Å². The third kappa shape index (κ3) is 6.10. The fourth-order valence-corrected chi connectivity index (χ4v) is 2.61. The predicted octanol–water partition coefficient (Wildman–Crippen LogP) is 3.02. The highest BCUT2D eigenvalue weighted by molar-refractivity contribution is 14.0. The number of nitrogens with one attached hydrogen (secondary N) is 2. The molecule has 0 spiro atoms. The Hall–Kier alpha value is -0.860. The van der Waals surface area contributed by atoms with Crippen molar-refractivity contribution >= 4 is 29.9 Å². The fraction of sp³-hybridized carbons (Fsp3) is 0.800. The van der Waals surface area contributed by atoms with Crippen molar-refractivity contribution in [2.75, 3.05) is 6.54 Å². The zero-order valence-electron chi connectivity index (χ0n) is 14.0. The maximum Gasteiger partial charge on any atom is 0.223 e. The molecule has 1 fully saturated rings. The molecular weight excluding hydrogens is 393 g/mol. The van der Waals surface area contributed by atoms with Crippen LogP contribution in [-0.2, 0) is 6.54 Å². The van der Waals surface area contributed by atoms with Crippen molar-refractivity contribution in [2.24, 2.45) is 10.4 Å². The van der Waals surface area contributed by atoms with Gasteiger partial charge in [0.15, 0.2) is 11.8 Å². The van der Waals surface area contributed by atoms with E-state index >= 15 is 0 Å². The third-order valence-corrected chi connectivity index (χ3v) is 3.97. The quantitative estimate of drug-likeness (QED) is 0.444. The van der Waals surface area contributed by atoms with E-state index in [1.807, 2.05) is 0 Å². The van der Waals surface area contributed by atoms with Crippen LogP contribution in [0.25, 0.3) is 0 Å². The first-order chi connectivity index (χ1) is 9.98. The summed E-state index contributed by atoms with van der Waals surface area (Å²) in [5, 5.41) is 10.7. The zero-order chi connectivity index (χ0) is 15.3. The zero-order valence-corrected chi connectivity index (χ0v) is 16.3. The van der Waals surface area contributed by atoms with Crippen molar-refractivity contribution in [3.63, 3.8) is 0 Å². The Morgan fingerprint density at radius 1 is 1.36 bits per heavy atom. The molecule has 1 aliphatic rings. The van der Waals surface area contributed by atoms with Crippen LogP contribution in [0.1, 0.15) is 58.2 Å². The average Bonchev–Trinajstić information content (AvgIpc) is 2.84. The van der Waals surface area contributed by atoms with Crippen molar-refractivity contribution in [2.45, 2.75) is 66.0 Å². The van der Waals surface area contributed by atoms with Crippen molar-refractivity contribution in [3.8, 4) is 0 Å². The van der Waals surface area contributed by atoms with E-state index in [4.69, 9.17) is 4.52 Å². The summed E-state index contributed by atoms with van der Waals surface area (Å²) in [5.74, 6) is 2.03. The standard InChI is InChI=1S/C15H27N5O.HI/c1-5-16-14(17-10-13-18-11(2)21-20-13)19-12-6-8-15(3,4)9-7-12;/h12H,5-10H2,1-4H3,(H2,16,17,19);1H. The van der Waals surface area contributed by atoms with E-state index in [2.05, 4.69) is 46.5 Å². The molecule has 1 heterocycles. The number of nitrogens with zero attached hydrogens (tertiary/aromatic N) is 3. The van der Waals surface area contributed by atoms with E-state index in [9.17, 15) is 0 Å². The Balaban J connectivity index is 0.00000242. The molecule has 1 aromatic rings. The van der Waals surface area contributed by atoms with Gasteiger partial charge in [0.25, 0.3) is 0 Å². The van der Waals surface area contributed by atoms with Gasteiger partial charge in [0.05, 0.1) is 0 Å². The van der Waals surface area contributed by atoms with Crippen LogP contribution in [0.4, 0.5) is 0 Å². The van der Waals surface area contributed by atoms with Crippen LogP contribution < -0.4 is 10.6 Å². The first-order valence-corrected chi connectivity index (χ1v) is 7.82. The van der Waals surface area contributed by atoms with Gasteiger partial charge < -0.3 is 15.2 Å². The number of rotatable bonds is 4. The van der Waals surface area contributed by atoms with Gasteiger partial charge in [-0.05, 0) is 38.0 Å². The molecule has 7 heteroatoms. The van der Waals surface area contributed by atoms with Crippen LogP contribution in [-0.4, -0.2) is 28.7 Å². The summed E-state index contributed by atoms with van der Waals surface area (Å²) in [6, 6.07) is 0.503. The lowest BCUT2D eigenvalue weighted by molar-refractivity contribution is 0.216.